The molecule has 196 valence electrons. The van der Waals surface area contributed by atoms with Gasteiger partial charge in [-0.1, -0.05) is 94.9 Å². The molecule has 0 saturated carbocycles. The van der Waals surface area contributed by atoms with Crippen LogP contribution in [0.1, 0.15) is 167 Å². The predicted octanol–water partition coefficient (Wildman–Crippen LogP) is 10.4. The van der Waals surface area contributed by atoms with Crippen molar-refractivity contribution < 1.29 is 9.59 Å². The van der Waals surface area contributed by atoms with Gasteiger partial charge in [-0.3, -0.25) is 9.59 Å². The first-order chi connectivity index (χ1) is 16.8. The Kier molecular flexibility index (Phi) is 22.6. The van der Waals surface area contributed by atoms with E-state index in [1.165, 1.54) is 109 Å². The van der Waals surface area contributed by atoms with Crippen LogP contribution in [0.25, 0.3) is 0 Å². The van der Waals surface area contributed by atoms with E-state index in [0.29, 0.717) is 11.6 Å². The molecule has 0 unspecified atom stereocenters. The largest absolute Gasteiger partial charge is 0.300 e. The highest BCUT2D eigenvalue weighted by Crippen LogP contribution is 2.14. The molecule has 0 fully saturated rings. The molecule has 2 aliphatic rings. The van der Waals surface area contributed by atoms with Crippen molar-refractivity contribution >= 4 is 11.6 Å². The minimum atomic E-state index is 0.477. The summed E-state index contributed by atoms with van der Waals surface area (Å²) in [6, 6.07) is 0. The number of rotatable bonds is 0. The van der Waals surface area contributed by atoms with Crippen molar-refractivity contribution in [1.82, 2.24) is 0 Å². The summed E-state index contributed by atoms with van der Waals surface area (Å²) in [7, 11) is 0. The SMILES string of the molecule is O=C1CCC/C=C\CCCCCCCCCC1.O=C1CCCCCC/C=C\CCCCCCC1. The molecule has 0 aliphatic heterocycles. The van der Waals surface area contributed by atoms with Gasteiger partial charge >= 0.3 is 0 Å². The van der Waals surface area contributed by atoms with Gasteiger partial charge in [-0.25, -0.2) is 0 Å². The van der Waals surface area contributed by atoms with Crippen LogP contribution in [0.4, 0.5) is 0 Å². The Morgan fingerprint density at radius 1 is 0.294 bits per heavy atom. The summed E-state index contributed by atoms with van der Waals surface area (Å²) in [4.78, 5) is 23.1. The fraction of sp³-hybridized carbons (Fsp3) is 0.812. The Morgan fingerprint density at radius 3 is 0.882 bits per heavy atom. The fourth-order valence-corrected chi connectivity index (χ4v) is 4.84. The van der Waals surface area contributed by atoms with E-state index in [4.69, 9.17) is 0 Å². The number of hydrogen-bond donors (Lipinski definition) is 0. The second-order valence-corrected chi connectivity index (χ2v) is 10.5. The van der Waals surface area contributed by atoms with Gasteiger partial charge in [-0.05, 0) is 70.6 Å². The standard InChI is InChI=1S/2C16H28O/c2*17-16-14-12-10-8-6-4-2-1-3-5-7-9-11-13-15-16/h6,8H,1-5,7,9-15H2;1-2H,3-15H2/b8-6-;2-1-. The molecule has 2 nitrogen and oxygen atoms in total. The molecule has 34 heavy (non-hydrogen) atoms. The summed E-state index contributed by atoms with van der Waals surface area (Å²) in [5, 5.41) is 0. The molecule has 0 radical (unpaired) electrons. The summed E-state index contributed by atoms with van der Waals surface area (Å²) < 4.78 is 0. The van der Waals surface area contributed by atoms with Gasteiger partial charge in [0.1, 0.15) is 11.6 Å². The lowest BCUT2D eigenvalue weighted by Gasteiger charge is -2.03. The number of carbonyl (C=O) groups excluding carboxylic acids is 2. The second-order valence-electron chi connectivity index (χ2n) is 10.5. The van der Waals surface area contributed by atoms with E-state index in [-0.39, 0.29) is 0 Å². The van der Waals surface area contributed by atoms with Crippen LogP contribution in [0.2, 0.25) is 0 Å². The van der Waals surface area contributed by atoms with Crippen LogP contribution in [-0.2, 0) is 9.59 Å². The molecule has 2 rings (SSSR count). The van der Waals surface area contributed by atoms with Crippen molar-refractivity contribution in [2.75, 3.05) is 0 Å². The lowest BCUT2D eigenvalue weighted by molar-refractivity contribution is -0.120. The zero-order chi connectivity index (χ0) is 24.4. The highest BCUT2D eigenvalue weighted by molar-refractivity contribution is 5.78. The van der Waals surface area contributed by atoms with Gasteiger partial charge in [-0.15, -0.1) is 0 Å². The Balaban J connectivity index is 0.000000340. The summed E-state index contributed by atoms with van der Waals surface area (Å²) in [6.07, 6.45) is 40.2. The van der Waals surface area contributed by atoms with E-state index in [9.17, 15) is 9.59 Å². The molecule has 0 heterocycles. The molecule has 0 N–H and O–H groups in total. The van der Waals surface area contributed by atoms with E-state index in [1.807, 2.05) is 0 Å². The first-order valence-corrected chi connectivity index (χ1v) is 15.1. The topological polar surface area (TPSA) is 34.1 Å². The molecule has 2 heteroatoms. The van der Waals surface area contributed by atoms with Crippen molar-refractivity contribution in [3.05, 3.63) is 24.3 Å². The van der Waals surface area contributed by atoms with Gasteiger partial charge in [0.25, 0.3) is 0 Å². The summed E-state index contributed by atoms with van der Waals surface area (Å²) in [5.41, 5.74) is 0. The van der Waals surface area contributed by atoms with Gasteiger partial charge in [0, 0.05) is 25.7 Å². The lowest BCUT2D eigenvalue weighted by Crippen LogP contribution is -1.97. The second kappa shape index (κ2) is 24.9. The number of ketones is 2. The fourth-order valence-electron chi connectivity index (χ4n) is 4.84. The van der Waals surface area contributed by atoms with E-state index in [0.717, 1.165) is 57.8 Å². The highest BCUT2D eigenvalue weighted by Gasteiger charge is 2.03. The van der Waals surface area contributed by atoms with Crippen LogP contribution >= 0.6 is 0 Å². The van der Waals surface area contributed by atoms with Crippen molar-refractivity contribution in [3.8, 4) is 0 Å². The van der Waals surface area contributed by atoms with Crippen LogP contribution in [0.3, 0.4) is 0 Å². The maximum atomic E-state index is 11.6. The monoisotopic (exact) mass is 472 g/mol. The molecule has 0 amide bonds. The van der Waals surface area contributed by atoms with Crippen molar-refractivity contribution in [2.24, 2.45) is 0 Å². The molecule has 0 atom stereocenters. The minimum absolute atomic E-state index is 0.477. The minimum Gasteiger partial charge on any atom is -0.300 e. The van der Waals surface area contributed by atoms with Crippen molar-refractivity contribution in [1.29, 1.82) is 0 Å². The van der Waals surface area contributed by atoms with Gasteiger partial charge < -0.3 is 0 Å². The van der Waals surface area contributed by atoms with Gasteiger partial charge in [0.15, 0.2) is 0 Å². The average Bonchev–Trinajstić information content (AvgIpc) is 2.83. The quantitative estimate of drug-likeness (QED) is 0.328. The molecule has 0 spiro atoms. The molecule has 0 aromatic heterocycles. The summed E-state index contributed by atoms with van der Waals surface area (Å²) in [6.45, 7) is 0. The van der Waals surface area contributed by atoms with Crippen LogP contribution in [-0.4, -0.2) is 11.6 Å². The number of carbonyl (C=O) groups is 2. The van der Waals surface area contributed by atoms with Crippen molar-refractivity contribution in [3.63, 3.8) is 0 Å². The third-order valence-corrected chi connectivity index (χ3v) is 7.14. The molecule has 0 saturated heterocycles. The smallest absolute Gasteiger partial charge is 0.132 e. The Hall–Kier alpha value is -1.18. The molecular weight excluding hydrogens is 416 g/mol. The summed E-state index contributed by atoms with van der Waals surface area (Å²) in [5.74, 6) is 0.975. The van der Waals surface area contributed by atoms with E-state index >= 15 is 0 Å². The summed E-state index contributed by atoms with van der Waals surface area (Å²) >= 11 is 0. The molecular formula is C32H56O2. The predicted molar refractivity (Wildman–Crippen MR) is 148 cm³/mol. The number of hydrogen-bond acceptors (Lipinski definition) is 2. The third-order valence-electron chi connectivity index (χ3n) is 7.14. The molecule has 0 aromatic rings. The van der Waals surface area contributed by atoms with Crippen molar-refractivity contribution in [2.45, 2.75) is 167 Å². The number of allylic oxidation sites excluding steroid dienone is 4. The highest BCUT2D eigenvalue weighted by atomic mass is 16.1. The lowest BCUT2D eigenvalue weighted by atomic mass is 10.0. The first-order valence-electron chi connectivity index (χ1n) is 15.1. The van der Waals surface area contributed by atoms with E-state index in [1.54, 1.807) is 0 Å². The zero-order valence-corrected chi connectivity index (χ0v) is 22.5. The van der Waals surface area contributed by atoms with Gasteiger partial charge in [0.05, 0.1) is 0 Å². The van der Waals surface area contributed by atoms with Crippen LogP contribution in [0.5, 0.6) is 0 Å². The molecule has 0 aromatic carbocycles. The Bertz CT molecular complexity index is 531. The maximum absolute atomic E-state index is 11.6. The normalized spacial score (nSPS) is 24.4. The molecule has 2 aliphatic carbocycles. The van der Waals surface area contributed by atoms with Gasteiger partial charge in [-0.2, -0.15) is 0 Å². The van der Waals surface area contributed by atoms with E-state index < -0.39 is 0 Å². The zero-order valence-electron chi connectivity index (χ0n) is 22.5. The Labute approximate surface area is 212 Å². The maximum Gasteiger partial charge on any atom is 0.132 e. The van der Waals surface area contributed by atoms with Crippen LogP contribution in [0.15, 0.2) is 24.3 Å². The average molecular weight is 473 g/mol. The number of Topliss-reactive ketones (excluding diaryl/α,β-unsaturated/α-hetero) is 2. The Morgan fingerprint density at radius 2 is 0.529 bits per heavy atom. The molecule has 0 bridgehead atoms. The van der Waals surface area contributed by atoms with Crippen LogP contribution < -0.4 is 0 Å². The van der Waals surface area contributed by atoms with Crippen LogP contribution in [0, 0.1) is 0 Å². The van der Waals surface area contributed by atoms with E-state index in [2.05, 4.69) is 24.3 Å². The first kappa shape index (κ1) is 30.9. The van der Waals surface area contributed by atoms with Gasteiger partial charge in [0.2, 0.25) is 0 Å². The third kappa shape index (κ3) is 22.6.